The van der Waals surface area contributed by atoms with E-state index in [1.54, 1.807) is 0 Å². The van der Waals surface area contributed by atoms with Crippen molar-refractivity contribution in [3.63, 3.8) is 0 Å². The summed E-state index contributed by atoms with van der Waals surface area (Å²) in [6, 6.07) is 8.23. The van der Waals surface area contributed by atoms with Gasteiger partial charge in [0.1, 0.15) is 6.04 Å². The molecule has 0 radical (unpaired) electrons. The van der Waals surface area contributed by atoms with E-state index in [2.05, 4.69) is 34.5 Å². The average Bonchev–Trinajstić information content (AvgIpc) is 3.03. The van der Waals surface area contributed by atoms with Crippen molar-refractivity contribution in [1.29, 1.82) is 0 Å². The second-order valence-corrected chi connectivity index (χ2v) is 5.62. The predicted molar refractivity (Wildman–Crippen MR) is 88.9 cm³/mol. The van der Waals surface area contributed by atoms with Gasteiger partial charge in [-0.1, -0.05) is 0 Å². The molecule has 1 aromatic rings. The Labute approximate surface area is 128 Å². The summed E-state index contributed by atoms with van der Waals surface area (Å²) in [7, 11) is 0. The highest BCUT2D eigenvalue weighted by Crippen LogP contribution is 2.22. The molecule has 1 saturated heterocycles. The third-order valence-corrected chi connectivity index (χ3v) is 4.17. The smallest absolute Gasteiger partial charge is 0.244 e. The average molecular weight is 289 g/mol. The molecule has 4 heteroatoms. The number of hydrogen-bond donors (Lipinski definition) is 1. The Kier molecular flexibility index (Phi) is 5.48. The topological polar surface area (TPSA) is 35.6 Å². The first kappa shape index (κ1) is 15.7. The van der Waals surface area contributed by atoms with Crippen molar-refractivity contribution in [2.45, 2.75) is 39.7 Å². The fraction of sp³-hybridized carbons (Fsp3) is 0.588. The van der Waals surface area contributed by atoms with Crippen LogP contribution < -0.4 is 10.2 Å². The normalized spacial score (nSPS) is 15.9. The minimum atomic E-state index is -0.192. The molecule has 1 atom stereocenters. The van der Waals surface area contributed by atoms with E-state index in [4.69, 9.17) is 0 Å². The molecule has 1 fully saturated rings. The predicted octanol–water partition coefficient (Wildman–Crippen LogP) is 2.96. The van der Waals surface area contributed by atoms with Crippen LogP contribution in [0, 0.1) is 0 Å². The number of likely N-dealkylation sites (N-methyl/N-ethyl adjacent to an activating group) is 1. The summed E-state index contributed by atoms with van der Waals surface area (Å²) in [6.45, 7) is 9.78. The molecule has 1 amide bonds. The molecule has 0 aliphatic carbocycles. The largest absolute Gasteiger partial charge is 0.374 e. The molecular weight excluding hydrogens is 262 g/mol. The molecule has 0 aromatic heterocycles. The van der Waals surface area contributed by atoms with E-state index in [1.807, 2.05) is 25.7 Å². The van der Waals surface area contributed by atoms with E-state index in [-0.39, 0.29) is 11.9 Å². The van der Waals surface area contributed by atoms with Gasteiger partial charge in [-0.2, -0.15) is 0 Å². The number of nitrogens with one attached hydrogen (secondary N) is 1. The number of nitrogens with zero attached hydrogens (tertiary/aromatic N) is 2. The van der Waals surface area contributed by atoms with Gasteiger partial charge in [0.2, 0.25) is 5.91 Å². The van der Waals surface area contributed by atoms with E-state index < -0.39 is 0 Å². The zero-order chi connectivity index (χ0) is 15.2. The van der Waals surface area contributed by atoms with Crippen LogP contribution in [0.5, 0.6) is 0 Å². The zero-order valence-electron chi connectivity index (χ0n) is 13.4. The number of amides is 1. The molecule has 1 unspecified atom stereocenters. The molecule has 1 aliphatic rings. The maximum Gasteiger partial charge on any atom is 0.244 e. The van der Waals surface area contributed by atoms with Crippen LogP contribution in [0.1, 0.15) is 33.6 Å². The SMILES string of the molecule is CCN(CC)C(=O)C(C)Nc1ccc(N2CCCC2)cc1. The van der Waals surface area contributed by atoms with Crippen LogP contribution in [0.25, 0.3) is 0 Å². The molecule has 21 heavy (non-hydrogen) atoms. The van der Waals surface area contributed by atoms with Crippen molar-refractivity contribution in [2.24, 2.45) is 0 Å². The fourth-order valence-corrected chi connectivity index (χ4v) is 2.86. The molecule has 116 valence electrons. The highest BCUT2D eigenvalue weighted by molar-refractivity contribution is 5.84. The Hall–Kier alpha value is -1.71. The van der Waals surface area contributed by atoms with Crippen molar-refractivity contribution in [3.8, 4) is 0 Å². The van der Waals surface area contributed by atoms with Crippen LogP contribution in [0.15, 0.2) is 24.3 Å². The van der Waals surface area contributed by atoms with Gasteiger partial charge >= 0.3 is 0 Å². The van der Waals surface area contributed by atoms with Crippen LogP contribution in [-0.4, -0.2) is 43.0 Å². The number of benzene rings is 1. The maximum atomic E-state index is 12.2. The second-order valence-electron chi connectivity index (χ2n) is 5.62. The number of carbonyl (C=O) groups is 1. The van der Waals surface area contributed by atoms with Crippen LogP contribution in [0.4, 0.5) is 11.4 Å². The van der Waals surface area contributed by atoms with Crippen molar-refractivity contribution in [3.05, 3.63) is 24.3 Å². The maximum absolute atomic E-state index is 12.2. The van der Waals surface area contributed by atoms with Crippen LogP contribution in [0.2, 0.25) is 0 Å². The lowest BCUT2D eigenvalue weighted by atomic mass is 10.2. The molecule has 4 nitrogen and oxygen atoms in total. The summed E-state index contributed by atoms with van der Waals surface area (Å²) in [6.07, 6.45) is 2.57. The van der Waals surface area contributed by atoms with E-state index in [9.17, 15) is 4.79 Å². The van der Waals surface area contributed by atoms with Crippen molar-refractivity contribution in [1.82, 2.24) is 4.90 Å². The second kappa shape index (κ2) is 7.34. The molecule has 2 rings (SSSR count). The first-order valence-corrected chi connectivity index (χ1v) is 8.06. The van der Waals surface area contributed by atoms with Gasteiger partial charge in [-0.15, -0.1) is 0 Å². The highest BCUT2D eigenvalue weighted by Gasteiger charge is 2.18. The number of carbonyl (C=O) groups excluding carboxylic acids is 1. The Morgan fingerprint density at radius 2 is 1.76 bits per heavy atom. The summed E-state index contributed by atoms with van der Waals surface area (Å²) >= 11 is 0. The van der Waals surface area contributed by atoms with Crippen molar-refractivity contribution >= 4 is 17.3 Å². The van der Waals surface area contributed by atoms with Gasteiger partial charge < -0.3 is 15.1 Å². The standard InChI is InChI=1S/C17H27N3O/c1-4-19(5-2)17(21)14(3)18-15-8-10-16(11-9-15)20-12-6-7-13-20/h8-11,14,18H,4-7,12-13H2,1-3H3. The number of rotatable bonds is 6. The quantitative estimate of drug-likeness (QED) is 0.874. The van der Waals surface area contributed by atoms with Gasteiger partial charge in [0.15, 0.2) is 0 Å². The first-order chi connectivity index (χ1) is 10.2. The number of anilines is 2. The van der Waals surface area contributed by atoms with Crippen molar-refractivity contribution in [2.75, 3.05) is 36.4 Å². The zero-order valence-corrected chi connectivity index (χ0v) is 13.4. The monoisotopic (exact) mass is 289 g/mol. The van der Waals surface area contributed by atoms with Gasteiger partial charge in [0.05, 0.1) is 0 Å². The Bertz CT molecular complexity index is 448. The molecule has 1 aliphatic heterocycles. The van der Waals surface area contributed by atoms with E-state index >= 15 is 0 Å². The summed E-state index contributed by atoms with van der Waals surface area (Å²) in [5.41, 5.74) is 2.28. The third-order valence-electron chi connectivity index (χ3n) is 4.17. The van der Waals surface area contributed by atoms with Gasteiger partial charge in [-0.3, -0.25) is 4.79 Å². The van der Waals surface area contributed by atoms with Crippen molar-refractivity contribution < 1.29 is 4.79 Å². The molecule has 1 N–H and O–H groups in total. The molecule has 0 saturated carbocycles. The molecule has 0 bridgehead atoms. The molecule has 0 spiro atoms. The molecular formula is C17H27N3O. The van der Waals surface area contributed by atoms with E-state index in [1.165, 1.54) is 18.5 Å². The summed E-state index contributed by atoms with van der Waals surface area (Å²) < 4.78 is 0. The lowest BCUT2D eigenvalue weighted by Crippen LogP contribution is -2.41. The van der Waals surface area contributed by atoms with Gasteiger partial charge in [0.25, 0.3) is 0 Å². The minimum Gasteiger partial charge on any atom is -0.374 e. The Morgan fingerprint density at radius 3 is 2.29 bits per heavy atom. The Balaban J connectivity index is 1.94. The number of hydrogen-bond acceptors (Lipinski definition) is 3. The Morgan fingerprint density at radius 1 is 1.19 bits per heavy atom. The first-order valence-electron chi connectivity index (χ1n) is 8.06. The van der Waals surface area contributed by atoms with E-state index in [0.29, 0.717) is 0 Å². The fourth-order valence-electron chi connectivity index (χ4n) is 2.86. The molecule has 1 aromatic carbocycles. The minimum absolute atomic E-state index is 0.156. The van der Waals surface area contributed by atoms with Gasteiger partial charge in [-0.25, -0.2) is 0 Å². The van der Waals surface area contributed by atoms with E-state index in [0.717, 1.165) is 31.9 Å². The highest BCUT2D eigenvalue weighted by atomic mass is 16.2. The van der Waals surface area contributed by atoms with Gasteiger partial charge in [0, 0.05) is 37.6 Å². The summed E-state index contributed by atoms with van der Waals surface area (Å²) in [5.74, 6) is 0.156. The summed E-state index contributed by atoms with van der Waals surface area (Å²) in [4.78, 5) is 16.5. The van der Waals surface area contributed by atoms with Crippen LogP contribution >= 0.6 is 0 Å². The lowest BCUT2D eigenvalue weighted by molar-refractivity contribution is -0.131. The van der Waals surface area contributed by atoms with Gasteiger partial charge in [-0.05, 0) is 57.9 Å². The van der Waals surface area contributed by atoms with Crippen LogP contribution in [-0.2, 0) is 4.79 Å². The van der Waals surface area contributed by atoms with Crippen LogP contribution in [0.3, 0.4) is 0 Å². The summed E-state index contributed by atoms with van der Waals surface area (Å²) in [5, 5.41) is 3.30. The molecule has 1 heterocycles. The third kappa shape index (κ3) is 3.90. The lowest BCUT2D eigenvalue weighted by Gasteiger charge is -2.24.